The van der Waals surface area contributed by atoms with E-state index >= 15 is 0 Å². The second kappa shape index (κ2) is 6.05. The molecule has 3 heteroatoms. The number of pyridine rings is 1. The minimum absolute atomic E-state index is 0.180. The van der Waals surface area contributed by atoms with Gasteiger partial charge in [-0.3, -0.25) is 4.79 Å². The summed E-state index contributed by atoms with van der Waals surface area (Å²) in [4.78, 5) is 11.0. The van der Waals surface area contributed by atoms with E-state index in [1.807, 2.05) is 10.6 Å². The quantitative estimate of drug-likeness (QED) is 0.820. The minimum Gasteiger partial charge on any atom is -0.503 e. The van der Waals surface area contributed by atoms with Crippen LogP contribution in [0.5, 0.6) is 5.75 Å². The summed E-state index contributed by atoms with van der Waals surface area (Å²) in [5.41, 5.74) is 1.02. The van der Waals surface area contributed by atoms with Gasteiger partial charge in [-0.15, -0.1) is 0 Å². The van der Waals surface area contributed by atoms with E-state index in [9.17, 15) is 9.90 Å². The van der Waals surface area contributed by atoms with Crippen LogP contribution >= 0.6 is 0 Å². The monoisotopic (exact) mass is 243 g/mol. The highest BCUT2D eigenvalue weighted by Crippen LogP contribution is 2.06. The third-order valence-corrected chi connectivity index (χ3v) is 2.93. The molecule has 1 aromatic carbocycles. The maximum atomic E-state index is 11.0. The lowest BCUT2D eigenvalue weighted by Gasteiger charge is -2.06. The third-order valence-electron chi connectivity index (χ3n) is 2.93. The molecule has 0 unspecified atom stereocenters. The fraction of sp³-hybridized carbons (Fsp3) is 0.267. The number of hydrogen-bond donors (Lipinski definition) is 1. The summed E-state index contributed by atoms with van der Waals surface area (Å²) < 4.78 is 1.85. The van der Waals surface area contributed by atoms with Crippen molar-refractivity contribution < 1.29 is 5.11 Å². The van der Waals surface area contributed by atoms with Gasteiger partial charge in [0.1, 0.15) is 0 Å². The van der Waals surface area contributed by atoms with Crippen LogP contribution in [-0.2, 0) is 13.0 Å². The highest BCUT2D eigenvalue weighted by atomic mass is 16.3. The number of nitrogens with zero attached hydrogens (tertiary/aromatic N) is 1. The lowest BCUT2D eigenvalue weighted by molar-refractivity contribution is 0.458. The molecule has 0 saturated carbocycles. The van der Waals surface area contributed by atoms with Crippen molar-refractivity contribution >= 4 is 0 Å². The Kier molecular flexibility index (Phi) is 4.18. The molecule has 0 atom stereocenters. The van der Waals surface area contributed by atoms with Gasteiger partial charge in [0.25, 0.3) is 0 Å². The summed E-state index contributed by atoms with van der Waals surface area (Å²) in [6.07, 6.45) is 6.39. The second-order valence-electron chi connectivity index (χ2n) is 4.37. The summed E-state index contributed by atoms with van der Waals surface area (Å²) in [6, 6.07) is 11.8. The van der Waals surface area contributed by atoms with Crippen LogP contribution in [0, 0.1) is 0 Å². The van der Waals surface area contributed by atoms with E-state index in [0.717, 1.165) is 25.8 Å². The zero-order chi connectivity index (χ0) is 12.8. The molecular weight excluding hydrogens is 226 g/mol. The lowest BCUT2D eigenvalue weighted by Crippen LogP contribution is -2.05. The molecule has 1 N–H and O–H groups in total. The third kappa shape index (κ3) is 3.48. The molecule has 0 bridgehead atoms. The molecule has 0 amide bonds. The van der Waals surface area contributed by atoms with Crippen LogP contribution in [0.15, 0.2) is 53.6 Å². The first kappa shape index (κ1) is 12.4. The van der Waals surface area contributed by atoms with Gasteiger partial charge >= 0.3 is 0 Å². The van der Waals surface area contributed by atoms with Gasteiger partial charge in [-0.1, -0.05) is 30.3 Å². The van der Waals surface area contributed by atoms with Crippen molar-refractivity contribution in [2.45, 2.75) is 25.8 Å². The fourth-order valence-corrected chi connectivity index (χ4v) is 1.92. The molecule has 1 aromatic heterocycles. The van der Waals surface area contributed by atoms with Crippen LogP contribution in [-0.4, -0.2) is 9.67 Å². The largest absolute Gasteiger partial charge is 0.503 e. The average Bonchev–Trinajstić information content (AvgIpc) is 2.40. The molecule has 0 radical (unpaired) electrons. The van der Waals surface area contributed by atoms with Gasteiger partial charge in [0.2, 0.25) is 5.43 Å². The SMILES string of the molecule is O=c1ccn(CCCCc2ccccc2)cc1O. The van der Waals surface area contributed by atoms with E-state index in [1.54, 1.807) is 6.20 Å². The topological polar surface area (TPSA) is 42.2 Å². The smallest absolute Gasteiger partial charge is 0.223 e. The molecule has 94 valence electrons. The molecule has 0 fully saturated rings. The van der Waals surface area contributed by atoms with Crippen molar-refractivity contribution in [3.63, 3.8) is 0 Å². The first-order valence-corrected chi connectivity index (χ1v) is 6.19. The van der Waals surface area contributed by atoms with Gasteiger partial charge in [-0.25, -0.2) is 0 Å². The molecule has 0 aliphatic rings. The maximum absolute atomic E-state index is 11.0. The van der Waals surface area contributed by atoms with E-state index in [-0.39, 0.29) is 11.2 Å². The Bertz CT molecular complexity index is 546. The van der Waals surface area contributed by atoms with E-state index in [4.69, 9.17) is 0 Å². The van der Waals surface area contributed by atoms with Gasteiger partial charge in [-0.2, -0.15) is 0 Å². The predicted octanol–water partition coefficient (Wildman–Crippen LogP) is 2.58. The molecule has 18 heavy (non-hydrogen) atoms. The van der Waals surface area contributed by atoms with E-state index in [1.165, 1.54) is 17.8 Å². The first-order chi connectivity index (χ1) is 8.75. The molecule has 3 nitrogen and oxygen atoms in total. The van der Waals surface area contributed by atoms with Gasteiger partial charge in [0, 0.05) is 25.0 Å². The van der Waals surface area contributed by atoms with Gasteiger partial charge in [0.15, 0.2) is 5.75 Å². The normalized spacial score (nSPS) is 10.4. The summed E-state index contributed by atoms with van der Waals surface area (Å²) in [5, 5.41) is 9.30. The van der Waals surface area contributed by atoms with Crippen LogP contribution < -0.4 is 5.43 Å². The van der Waals surface area contributed by atoms with E-state index in [0.29, 0.717) is 0 Å². The number of rotatable bonds is 5. The Hall–Kier alpha value is -2.03. The number of unbranched alkanes of at least 4 members (excludes halogenated alkanes) is 1. The van der Waals surface area contributed by atoms with Gasteiger partial charge in [0.05, 0.1) is 0 Å². The van der Waals surface area contributed by atoms with Crippen molar-refractivity contribution in [1.82, 2.24) is 4.57 Å². The Morgan fingerprint density at radius 3 is 2.56 bits per heavy atom. The van der Waals surface area contributed by atoms with Gasteiger partial charge in [-0.05, 0) is 24.8 Å². The standard InChI is InChI=1S/C15H17NO2/c17-14-9-11-16(12-15(14)18)10-5-4-8-13-6-2-1-3-7-13/h1-3,6-7,9,11-12,18H,4-5,8,10H2. The zero-order valence-corrected chi connectivity index (χ0v) is 10.2. The average molecular weight is 243 g/mol. The number of aromatic hydroxyl groups is 1. The molecule has 0 saturated heterocycles. The van der Waals surface area contributed by atoms with Crippen molar-refractivity contribution in [3.8, 4) is 5.75 Å². The molecule has 2 aromatic rings. The van der Waals surface area contributed by atoms with Crippen LogP contribution in [0.25, 0.3) is 0 Å². The van der Waals surface area contributed by atoms with E-state index in [2.05, 4.69) is 24.3 Å². The zero-order valence-electron chi connectivity index (χ0n) is 10.2. The fourth-order valence-electron chi connectivity index (χ4n) is 1.92. The molecular formula is C15H17NO2. The van der Waals surface area contributed by atoms with Crippen molar-refractivity contribution in [2.24, 2.45) is 0 Å². The highest BCUT2D eigenvalue weighted by molar-refractivity contribution is 5.15. The minimum atomic E-state index is -0.324. The Labute approximate surface area is 106 Å². The van der Waals surface area contributed by atoms with Crippen molar-refractivity contribution in [2.75, 3.05) is 0 Å². The Morgan fingerprint density at radius 1 is 1.06 bits per heavy atom. The Morgan fingerprint density at radius 2 is 1.83 bits per heavy atom. The molecule has 0 spiro atoms. The van der Waals surface area contributed by atoms with Gasteiger partial charge < -0.3 is 9.67 Å². The molecule has 1 heterocycles. The summed E-state index contributed by atoms with van der Waals surface area (Å²) in [5.74, 6) is -0.180. The maximum Gasteiger partial charge on any atom is 0.223 e. The van der Waals surface area contributed by atoms with Crippen LogP contribution in [0.1, 0.15) is 18.4 Å². The van der Waals surface area contributed by atoms with Crippen molar-refractivity contribution in [1.29, 1.82) is 0 Å². The van der Waals surface area contributed by atoms with E-state index < -0.39 is 0 Å². The molecule has 0 aliphatic heterocycles. The molecule has 0 aliphatic carbocycles. The number of hydrogen-bond acceptors (Lipinski definition) is 2. The Balaban J connectivity index is 1.78. The molecule has 2 rings (SSSR count). The summed E-state index contributed by atoms with van der Waals surface area (Å²) in [6.45, 7) is 0.820. The summed E-state index contributed by atoms with van der Waals surface area (Å²) in [7, 11) is 0. The second-order valence-corrected chi connectivity index (χ2v) is 4.37. The number of aryl methyl sites for hydroxylation is 2. The first-order valence-electron chi connectivity index (χ1n) is 6.19. The predicted molar refractivity (Wildman–Crippen MR) is 71.7 cm³/mol. The summed E-state index contributed by atoms with van der Waals surface area (Å²) >= 11 is 0. The lowest BCUT2D eigenvalue weighted by atomic mass is 10.1. The van der Waals surface area contributed by atoms with Crippen LogP contribution in [0.3, 0.4) is 0 Å². The number of aromatic nitrogens is 1. The van der Waals surface area contributed by atoms with Crippen LogP contribution in [0.2, 0.25) is 0 Å². The number of benzene rings is 1. The van der Waals surface area contributed by atoms with Crippen molar-refractivity contribution in [3.05, 3.63) is 64.6 Å². The highest BCUT2D eigenvalue weighted by Gasteiger charge is 1.97. The van der Waals surface area contributed by atoms with Crippen LogP contribution in [0.4, 0.5) is 0 Å².